The maximum atomic E-state index is 12.9. The Hall–Kier alpha value is -1.32. The molecule has 9 heteroatoms. The van der Waals surface area contributed by atoms with Crippen molar-refractivity contribution in [2.45, 2.75) is 30.5 Å². The molecule has 0 bridgehead atoms. The molecule has 1 aliphatic rings. The summed E-state index contributed by atoms with van der Waals surface area (Å²) in [6.07, 6.45) is 5.09. The van der Waals surface area contributed by atoms with Gasteiger partial charge in [0.2, 0.25) is 5.03 Å². The molecule has 21 heavy (non-hydrogen) atoms. The summed E-state index contributed by atoms with van der Waals surface area (Å²) in [7, 11) is -2.08. The molecule has 0 unspecified atom stereocenters. The molecule has 2 aromatic rings. The van der Waals surface area contributed by atoms with Crippen molar-refractivity contribution >= 4 is 26.0 Å². The Balaban J connectivity index is 1.97. The van der Waals surface area contributed by atoms with Crippen LogP contribution in [0.25, 0.3) is 0 Å². The van der Waals surface area contributed by atoms with Crippen LogP contribution in [-0.4, -0.2) is 38.7 Å². The third-order valence-corrected chi connectivity index (χ3v) is 6.12. The summed E-state index contributed by atoms with van der Waals surface area (Å²) in [5.41, 5.74) is 0.909. The van der Waals surface area contributed by atoms with Crippen LogP contribution in [0.1, 0.15) is 18.4 Å². The minimum atomic E-state index is -3.65. The first kappa shape index (κ1) is 14.6. The number of hydrogen-bond donors (Lipinski definition) is 0. The number of aryl methyl sites for hydroxylation is 1. The first-order chi connectivity index (χ1) is 10.00. The van der Waals surface area contributed by atoms with E-state index in [9.17, 15) is 8.42 Å². The first-order valence-electron chi connectivity index (χ1n) is 6.46. The Bertz CT molecular complexity index is 723. The van der Waals surface area contributed by atoms with E-state index in [1.165, 1.54) is 8.99 Å². The van der Waals surface area contributed by atoms with Crippen molar-refractivity contribution in [3.05, 3.63) is 34.7 Å². The van der Waals surface area contributed by atoms with Gasteiger partial charge in [0.15, 0.2) is 4.60 Å². The molecular formula is C12H14BrN5O2S. The lowest BCUT2D eigenvalue weighted by molar-refractivity contribution is 0.392. The molecule has 0 N–H and O–H groups in total. The number of aromatic nitrogens is 4. The lowest BCUT2D eigenvalue weighted by Gasteiger charge is -2.21. The second-order valence-electron chi connectivity index (χ2n) is 4.95. The lowest BCUT2D eigenvalue weighted by atomic mass is 10.3. The maximum Gasteiger partial charge on any atom is 0.263 e. The van der Waals surface area contributed by atoms with Crippen molar-refractivity contribution in [3.8, 4) is 0 Å². The molecule has 112 valence electrons. The van der Waals surface area contributed by atoms with Crippen LogP contribution in [0.3, 0.4) is 0 Å². The van der Waals surface area contributed by atoms with E-state index in [-0.39, 0.29) is 15.7 Å². The van der Waals surface area contributed by atoms with E-state index in [0.717, 1.165) is 18.4 Å². The molecule has 2 aromatic heterocycles. The number of rotatable bonds is 5. The molecule has 0 aliphatic heterocycles. The number of sulfonamides is 1. The van der Waals surface area contributed by atoms with E-state index >= 15 is 0 Å². The van der Waals surface area contributed by atoms with Crippen LogP contribution < -0.4 is 0 Å². The lowest BCUT2D eigenvalue weighted by Crippen LogP contribution is -2.34. The van der Waals surface area contributed by atoms with Gasteiger partial charge in [-0.05, 0) is 46.5 Å². The fourth-order valence-corrected chi connectivity index (χ4v) is 4.86. The predicted octanol–water partition coefficient (Wildman–Crippen LogP) is 1.33. The molecule has 1 fully saturated rings. The fourth-order valence-electron chi connectivity index (χ4n) is 2.15. The van der Waals surface area contributed by atoms with Gasteiger partial charge in [-0.15, -0.1) is 5.10 Å². The molecule has 0 radical (unpaired) electrons. The zero-order valence-electron chi connectivity index (χ0n) is 11.3. The molecule has 7 nitrogen and oxygen atoms in total. The second kappa shape index (κ2) is 5.47. The van der Waals surface area contributed by atoms with Gasteiger partial charge in [-0.1, -0.05) is 5.21 Å². The highest BCUT2D eigenvalue weighted by atomic mass is 79.9. The molecule has 1 aliphatic carbocycles. The molecule has 0 spiro atoms. The summed E-state index contributed by atoms with van der Waals surface area (Å²) in [6, 6.07) is 3.69. The van der Waals surface area contributed by atoms with Gasteiger partial charge in [0, 0.05) is 32.0 Å². The maximum absolute atomic E-state index is 12.9. The summed E-state index contributed by atoms with van der Waals surface area (Å²) in [5.74, 6) is 0. The van der Waals surface area contributed by atoms with Crippen LogP contribution in [0.2, 0.25) is 0 Å². The zero-order valence-corrected chi connectivity index (χ0v) is 13.7. The zero-order chi connectivity index (χ0) is 15.0. The molecule has 3 rings (SSSR count). The summed E-state index contributed by atoms with van der Waals surface area (Å²) in [5, 5.41) is 7.61. The highest BCUT2D eigenvalue weighted by Crippen LogP contribution is 2.34. The van der Waals surface area contributed by atoms with E-state index in [1.54, 1.807) is 19.4 Å². The number of hydrogen-bond acceptors (Lipinski definition) is 5. The van der Waals surface area contributed by atoms with Crippen molar-refractivity contribution < 1.29 is 8.42 Å². The van der Waals surface area contributed by atoms with Gasteiger partial charge in [-0.25, -0.2) is 13.1 Å². The SMILES string of the molecule is Cn1nnc(Br)c1S(=O)(=O)N(Cc1ccncc1)C1CC1. The van der Waals surface area contributed by atoms with Gasteiger partial charge >= 0.3 is 0 Å². The topological polar surface area (TPSA) is 81.0 Å². The van der Waals surface area contributed by atoms with Crippen LogP contribution in [0.4, 0.5) is 0 Å². The van der Waals surface area contributed by atoms with Crippen molar-refractivity contribution in [3.63, 3.8) is 0 Å². The molecule has 0 aromatic carbocycles. The average Bonchev–Trinajstić information content (AvgIpc) is 3.22. The Morgan fingerprint density at radius 1 is 1.38 bits per heavy atom. The Morgan fingerprint density at radius 2 is 2.05 bits per heavy atom. The van der Waals surface area contributed by atoms with Gasteiger partial charge in [0.25, 0.3) is 10.0 Å². The van der Waals surface area contributed by atoms with Crippen molar-refractivity contribution in [1.82, 2.24) is 24.3 Å². The smallest absolute Gasteiger partial charge is 0.263 e. The van der Waals surface area contributed by atoms with E-state index in [2.05, 4.69) is 31.2 Å². The number of halogens is 1. The highest BCUT2D eigenvalue weighted by Gasteiger charge is 2.40. The molecule has 0 saturated heterocycles. The van der Waals surface area contributed by atoms with Gasteiger partial charge < -0.3 is 0 Å². The second-order valence-corrected chi connectivity index (χ2v) is 7.50. The summed E-state index contributed by atoms with van der Waals surface area (Å²) in [6.45, 7) is 0.327. The minimum Gasteiger partial charge on any atom is -0.265 e. The molecule has 1 saturated carbocycles. The van der Waals surface area contributed by atoms with Crippen LogP contribution >= 0.6 is 15.9 Å². The third-order valence-electron chi connectivity index (χ3n) is 3.33. The molecule has 0 atom stereocenters. The van der Waals surface area contributed by atoms with E-state index in [1.807, 2.05) is 12.1 Å². The number of nitrogens with zero attached hydrogens (tertiary/aromatic N) is 5. The minimum absolute atomic E-state index is 0.0463. The van der Waals surface area contributed by atoms with Crippen LogP contribution in [0.5, 0.6) is 0 Å². The van der Waals surface area contributed by atoms with E-state index in [0.29, 0.717) is 6.54 Å². The summed E-state index contributed by atoms with van der Waals surface area (Å²) in [4.78, 5) is 3.95. The first-order valence-corrected chi connectivity index (χ1v) is 8.69. The van der Waals surface area contributed by atoms with Crippen LogP contribution in [0, 0.1) is 0 Å². The van der Waals surface area contributed by atoms with E-state index < -0.39 is 10.0 Å². The number of pyridine rings is 1. The Morgan fingerprint density at radius 3 is 2.57 bits per heavy atom. The summed E-state index contributed by atoms with van der Waals surface area (Å²) >= 11 is 3.17. The fraction of sp³-hybridized carbons (Fsp3) is 0.417. The van der Waals surface area contributed by atoms with Gasteiger partial charge in [-0.3, -0.25) is 4.98 Å². The average molecular weight is 372 g/mol. The predicted molar refractivity (Wildman–Crippen MR) is 78.7 cm³/mol. The van der Waals surface area contributed by atoms with Crippen LogP contribution in [0.15, 0.2) is 34.2 Å². The van der Waals surface area contributed by atoms with Crippen molar-refractivity contribution in [2.24, 2.45) is 7.05 Å². The molecule has 0 amide bonds. The highest BCUT2D eigenvalue weighted by molar-refractivity contribution is 9.10. The Labute approximate surface area is 131 Å². The van der Waals surface area contributed by atoms with Crippen molar-refractivity contribution in [1.29, 1.82) is 0 Å². The van der Waals surface area contributed by atoms with E-state index in [4.69, 9.17) is 0 Å². The largest absolute Gasteiger partial charge is 0.265 e. The Kier molecular flexibility index (Phi) is 3.80. The van der Waals surface area contributed by atoms with Gasteiger partial charge in [0.1, 0.15) is 0 Å². The molecular weight excluding hydrogens is 358 g/mol. The standard InChI is InChI=1S/C12H14BrN5O2S/c1-17-12(11(13)15-16-17)21(19,20)18(10-2-3-10)8-9-4-6-14-7-5-9/h4-7,10H,2-3,8H2,1H3. The monoisotopic (exact) mass is 371 g/mol. The van der Waals surface area contributed by atoms with Crippen LogP contribution in [-0.2, 0) is 23.6 Å². The third kappa shape index (κ3) is 2.85. The van der Waals surface area contributed by atoms with Crippen molar-refractivity contribution in [2.75, 3.05) is 0 Å². The quantitative estimate of drug-likeness (QED) is 0.791. The van der Waals surface area contributed by atoms with Gasteiger partial charge in [0.05, 0.1) is 0 Å². The molecule has 2 heterocycles. The summed E-state index contributed by atoms with van der Waals surface area (Å²) < 4.78 is 28.8. The van der Waals surface area contributed by atoms with Gasteiger partial charge in [-0.2, -0.15) is 4.31 Å². The normalized spacial score (nSPS) is 15.6.